The van der Waals surface area contributed by atoms with Crippen molar-refractivity contribution in [2.75, 3.05) is 33.9 Å². The van der Waals surface area contributed by atoms with Gasteiger partial charge in [-0.25, -0.2) is 0 Å². The van der Waals surface area contributed by atoms with E-state index >= 15 is 0 Å². The van der Waals surface area contributed by atoms with Crippen LogP contribution in [0.25, 0.3) is 0 Å². The number of aryl methyl sites for hydroxylation is 2. The molecule has 1 aromatic heterocycles. The van der Waals surface area contributed by atoms with Crippen LogP contribution < -0.4 is 9.47 Å². The predicted molar refractivity (Wildman–Crippen MR) is 138 cm³/mol. The van der Waals surface area contributed by atoms with Crippen LogP contribution in [-0.4, -0.2) is 61.7 Å². The Hall–Kier alpha value is -2.09. The van der Waals surface area contributed by atoms with Gasteiger partial charge in [0.2, 0.25) is 0 Å². The molecule has 1 aromatic carbocycles. The number of piperidine rings is 1. The molecule has 7 atom stereocenters. The lowest BCUT2D eigenvalue weighted by Gasteiger charge is -2.68. The summed E-state index contributed by atoms with van der Waals surface area (Å²) in [7, 11) is 3.70. The molecular weight excluding hydrogens is 480 g/mol. The van der Waals surface area contributed by atoms with Gasteiger partial charge in [0, 0.05) is 53.0 Å². The fourth-order valence-corrected chi connectivity index (χ4v) is 10.9. The molecule has 2 aromatic rings. The van der Waals surface area contributed by atoms with Gasteiger partial charge in [0.25, 0.3) is 0 Å². The highest BCUT2D eigenvalue weighted by Crippen LogP contribution is 2.91. The van der Waals surface area contributed by atoms with Crippen LogP contribution in [0.15, 0.2) is 16.7 Å². The smallest absolute Gasteiger partial charge is 0.165 e. The molecule has 6 aliphatic carbocycles. The maximum absolute atomic E-state index is 7.14. The van der Waals surface area contributed by atoms with Gasteiger partial charge in [-0.15, -0.1) is 0 Å². The highest BCUT2D eigenvalue weighted by molar-refractivity contribution is 5.66. The van der Waals surface area contributed by atoms with E-state index in [1.54, 1.807) is 7.11 Å². The average Bonchev–Trinajstić information content (AvgIpc) is 3.69. The van der Waals surface area contributed by atoms with Crippen LogP contribution in [0, 0.1) is 36.5 Å². The van der Waals surface area contributed by atoms with Crippen molar-refractivity contribution in [3.8, 4) is 11.5 Å². The Kier molecular flexibility index (Phi) is 4.16. The van der Waals surface area contributed by atoms with E-state index in [-0.39, 0.29) is 27.9 Å². The first kappa shape index (κ1) is 22.7. The molecule has 2 spiro atoms. The van der Waals surface area contributed by atoms with Gasteiger partial charge in [0.05, 0.1) is 26.0 Å². The first-order valence-electron chi connectivity index (χ1n) is 14.6. The molecule has 0 radical (unpaired) electrons. The van der Waals surface area contributed by atoms with Crippen LogP contribution in [0.2, 0.25) is 0 Å². The fourth-order valence-electron chi connectivity index (χ4n) is 10.9. The highest BCUT2D eigenvalue weighted by Gasteiger charge is 2.97. The third-order valence-corrected chi connectivity index (χ3v) is 12.5. The number of aromatic nitrogens is 1. The Bertz CT molecular complexity index is 1350. The molecule has 3 heterocycles. The zero-order valence-electron chi connectivity index (χ0n) is 23.0. The molecule has 0 N–H and O–H groups in total. The van der Waals surface area contributed by atoms with Crippen molar-refractivity contribution in [3.63, 3.8) is 0 Å². The molecule has 1 saturated heterocycles. The lowest BCUT2D eigenvalue weighted by molar-refractivity contribution is -0.212. The summed E-state index contributed by atoms with van der Waals surface area (Å²) in [4.78, 5) is 2.90. The van der Waals surface area contributed by atoms with E-state index in [1.807, 2.05) is 21.0 Å². The summed E-state index contributed by atoms with van der Waals surface area (Å²) in [6, 6.07) is 5.04. The molecule has 7 heteroatoms. The van der Waals surface area contributed by atoms with Gasteiger partial charge in [-0.3, -0.25) is 4.90 Å². The summed E-state index contributed by atoms with van der Waals surface area (Å²) in [6.45, 7) is 7.63. The van der Waals surface area contributed by atoms with Crippen molar-refractivity contribution in [1.82, 2.24) is 10.1 Å². The van der Waals surface area contributed by atoms with Gasteiger partial charge in [0.15, 0.2) is 11.5 Å². The van der Waals surface area contributed by atoms with Crippen LogP contribution in [0.4, 0.5) is 0 Å². The second-order valence-corrected chi connectivity index (χ2v) is 13.5. The minimum Gasteiger partial charge on any atom is -0.493 e. The molecule has 5 saturated carbocycles. The van der Waals surface area contributed by atoms with E-state index in [4.69, 9.17) is 23.5 Å². The van der Waals surface area contributed by atoms with E-state index in [0.717, 1.165) is 47.3 Å². The van der Waals surface area contributed by atoms with E-state index < -0.39 is 0 Å². The minimum absolute atomic E-state index is 0.00331. The summed E-state index contributed by atoms with van der Waals surface area (Å²) in [5.74, 6) is 4.10. The summed E-state index contributed by atoms with van der Waals surface area (Å²) < 4.78 is 31.7. The monoisotopic (exact) mass is 518 g/mol. The summed E-state index contributed by atoms with van der Waals surface area (Å²) >= 11 is 0. The maximum atomic E-state index is 7.14. The molecular formula is C31H38N2O5. The second kappa shape index (κ2) is 6.97. The van der Waals surface area contributed by atoms with Crippen molar-refractivity contribution in [2.45, 2.75) is 82.1 Å². The zero-order valence-corrected chi connectivity index (χ0v) is 23.0. The Morgan fingerprint density at radius 3 is 2.79 bits per heavy atom. The molecule has 202 valence electrons. The number of methoxy groups -OCH3 is 2. The van der Waals surface area contributed by atoms with E-state index in [2.05, 4.69) is 22.2 Å². The Morgan fingerprint density at radius 1 is 1.18 bits per heavy atom. The van der Waals surface area contributed by atoms with Crippen molar-refractivity contribution >= 4 is 0 Å². The molecule has 2 aliphatic heterocycles. The van der Waals surface area contributed by atoms with Gasteiger partial charge in [0.1, 0.15) is 17.5 Å². The van der Waals surface area contributed by atoms with Gasteiger partial charge in [-0.1, -0.05) is 11.2 Å². The number of benzene rings is 1. The van der Waals surface area contributed by atoms with E-state index in [1.165, 1.54) is 49.9 Å². The Labute approximate surface area is 224 Å². The van der Waals surface area contributed by atoms with Gasteiger partial charge >= 0.3 is 0 Å². The van der Waals surface area contributed by atoms with Crippen molar-refractivity contribution in [2.24, 2.45) is 22.7 Å². The number of hydrogen-bond acceptors (Lipinski definition) is 7. The van der Waals surface area contributed by atoms with Crippen LogP contribution in [0.5, 0.6) is 11.5 Å². The van der Waals surface area contributed by atoms with Gasteiger partial charge in [-0.2, -0.15) is 0 Å². The first-order valence-corrected chi connectivity index (χ1v) is 14.6. The topological polar surface area (TPSA) is 66.2 Å². The maximum Gasteiger partial charge on any atom is 0.165 e. The quantitative estimate of drug-likeness (QED) is 0.515. The number of ether oxygens (including phenoxy) is 4. The number of nitrogens with zero attached hydrogens (tertiary/aromatic N) is 2. The first-order chi connectivity index (χ1) is 18.5. The SMILES string of the molecule is COc1ccc2c3c1O[C@H]1[C@]4(OC)[C@@H]5C[C@]6(CC54COCc4c(C)noc4C)[C@@H](C2)N(CC2CC2)CC[C@]316. The largest absolute Gasteiger partial charge is 0.493 e. The Balaban J connectivity index is 1.16. The van der Waals surface area contributed by atoms with Crippen molar-refractivity contribution in [3.05, 3.63) is 40.3 Å². The van der Waals surface area contributed by atoms with E-state index in [9.17, 15) is 0 Å². The zero-order chi connectivity index (χ0) is 25.7. The number of rotatable bonds is 8. The highest BCUT2D eigenvalue weighted by atomic mass is 16.6. The van der Waals surface area contributed by atoms with Crippen LogP contribution in [0.1, 0.15) is 60.2 Å². The van der Waals surface area contributed by atoms with Crippen molar-refractivity contribution in [1.29, 1.82) is 0 Å². The molecule has 1 unspecified atom stereocenters. The fraction of sp³-hybridized carbons (Fsp3) is 0.710. The molecule has 8 aliphatic rings. The lowest BCUT2D eigenvalue weighted by Crippen LogP contribution is -2.76. The number of hydrogen-bond donors (Lipinski definition) is 0. The molecule has 6 fully saturated rings. The van der Waals surface area contributed by atoms with Gasteiger partial charge in [-0.05, 0) is 76.5 Å². The van der Waals surface area contributed by atoms with Crippen molar-refractivity contribution < 1.29 is 23.5 Å². The van der Waals surface area contributed by atoms with Gasteiger partial charge < -0.3 is 23.5 Å². The van der Waals surface area contributed by atoms with E-state index in [0.29, 0.717) is 25.2 Å². The van der Waals surface area contributed by atoms with Crippen LogP contribution in [0.3, 0.4) is 0 Å². The summed E-state index contributed by atoms with van der Waals surface area (Å²) in [5.41, 5.74) is 4.83. The van der Waals surface area contributed by atoms with Crippen LogP contribution in [-0.2, 0) is 27.9 Å². The molecule has 0 amide bonds. The normalized spacial score (nSPS) is 42.7. The second-order valence-electron chi connectivity index (χ2n) is 13.5. The van der Waals surface area contributed by atoms with Crippen LogP contribution >= 0.6 is 0 Å². The molecule has 6 bridgehead atoms. The average molecular weight is 519 g/mol. The number of likely N-dealkylation sites (tertiary alicyclic amines) is 1. The Morgan fingerprint density at radius 2 is 2.05 bits per heavy atom. The minimum atomic E-state index is -0.310. The summed E-state index contributed by atoms with van der Waals surface area (Å²) in [5, 5.41) is 4.13. The lowest BCUT2D eigenvalue weighted by atomic mass is 9.40. The third-order valence-electron chi connectivity index (χ3n) is 12.5. The molecule has 7 nitrogen and oxygen atoms in total. The predicted octanol–water partition coefficient (Wildman–Crippen LogP) is 4.35. The third kappa shape index (κ3) is 2.24. The standard InChI is InChI=1S/C31H38N2O5/c1-17-21(18(2)38-32-17)14-36-16-29-15-28-12-23(29)31(29,35-4)27-30(28)9-10-33(13-19-5-6-19)24(28)11-20-7-8-22(34-3)26(37-27)25(20)30/h7-8,19,23-24,27H,5-6,9-16H2,1-4H3/t23-,24-,27-,28+,29?,30+,31-/m1/s1. The molecule has 10 rings (SSSR count). The molecule has 38 heavy (non-hydrogen) atoms. The summed E-state index contributed by atoms with van der Waals surface area (Å²) in [6.07, 6.45) is 7.49.